The molecule has 1 saturated heterocycles. The highest BCUT2D eigenvalue weighted by Crippen LogP contribution is 2.36. The first kappa shape index (κ1) is 22.6. The molecule has 1 unspecified atom stereocenters. The van der Waals surface area contributed by atoms with Gasteiger partial charge >= 0.3 is 12.4 Å². The Balaban J connectivity index is 1.78. The predicted molar refractivity (Wildman–Crippen MR) is 96.7 cm³/mol. The third-order valence-corrected chi connectivity index (χ3v) is 4.84. The maximum atomic E-state index is 13.0. The summed E-state index contributed by atoms with van der Waals surface area (Å²) in [5, 5.41) is 12.6. The molecule has 1 fully saturated rings. The van der Waals surface area contributed by atoms with Crippen molar-refractivity contribution in [1.82, 2.24) is 5.32 Å². The van der Waals surface area contributed by atoms with Crippen molar-refractivity contribution in [1.29, 1.82) is 0 Å². The predicted octanol–water partition coefficient (Wildman–Crippen LogP) is 3.51. The lowest BCUT2D eigenvalue weighted by molar-refractivity contribution is -0.149. The minimum Gasteiger partial charge on any atom is -0.372 e. The zero-order valence-electron chi connectivity index (χ0n) is 15.7. The van der Waals surface area contributed by atoms with E-state index in [0.717, 1.165) is 0 Å². The molecule has 1 heterocycles. The second-order valence-electron chi connectivity index (χ2n) is 7.00. The number of aliphatic hydroxyl groups is 1. The van der Waals surface area contributed by atoms with Gasteiger partial charge in [0.2, 0.25) is 5.60 Å². The number of rotatable bonds is 4. The van der Waals surface area contributed by atoms with E-state index in [1.54, 1.807) is 30.3 Å². The number of para-hydroxylation sites is 1. The first-order chi connectivity index (χ1) is 14.3. The Morgan fingerprint density at radius 3 is 2.06 bits per heavy atom. The Kier molecular flexibility index (Phi) is 5.74. The van der Waals surface area contributed by atoms with Crippen molar-refractivity contribution in [3.8, 4) is 0 Å². The van der Waals surface area contributed by atoms with Crippen LogP contribution < -0.4 is 10.2 Å². The maximum absolute atomic E-state index is 13.0. The van der Waals surface area contributed by atoms with E-state index in [4.69, 9.17) is 0 Å². The molecule has 5 nitrogen and oxygen atoms in total. The second kappa shape index (κ2) is 7.88. The van der Waals surface area contributed by atoms with E-state index >= 15 is 0 Å². The number of halogens is 6. The van der Waals surface area contributed by atoms with E-state index in [1.165, 1.54) is 4.90 Å². The Bertz CT molecular complexity index is 958. The topological polar surface area (TPSA) is 69.6 Å². The molecule has 166 valence electrons. The van der Waals surface area contributed by atoms with Crippen LogP contribution in [0.25, 0.3) is 0 Å². The van der Waals surface area contributed by atoms with Crippen LogP contribution in [0.2, 0.25) is 0 Å². The maximum Gasteiger partial charge on any atom is 0.416 e. The lowest BCUT2D eigenvalue weighted by atomic mass is 10.0. The second-order valence-corrected chi connectivity index (χ2v) is 7.00. The monoisotopic (exact) mass is 446 g/mol. The zero-order chi connectivity index (χ0) is 23.0. The van der Waals surface area contributed by atoms with Gasteiger partial charge in [-0.05, 0) is 35.9 Å². The minimum atomic E-state index is -5.03. The van der Waals surface area contributed by atoms with Crippen molar-refractivity contribution >= 4 is 17.5 Å². The van der Waals surface area contributed by atoms with Crippen molar-refractivity contribution in [3.63, 3.8) is 0 Å². The molecular weight excluding hydrogens is 430 g/mol. The molecule has 2 aromatic carbocycles. The number of hydrogen-bond acceptors (Lipinski definition) is 3. The van der Waals surface area contributed by atoms with Gasteiger partial charge < -0.3 is 15.3 Å². The summed E-state index contributed by atoms with van der Waals surface area (Å²) in [5.74, 6) is -2.14. The van der Waals surface area contributed by atoms with Gasteiger partial charge in [-0.15, -0.1) is 0 Å². The van der Waals surface area contributed by atoms with E-state index in [9.17, 15) is 41.0 Å². The Hall–Kier alpha value is -3.08. The summed E-state index contributed by atoms with van der Waals surface area (Å²) in [6.45, 7) is -0.735. The number of carbonyl (C=O) groups is 2. The van der Waals surface area contributed by atoms with Crippen LogP contribution in [0.4, 0.5) is 32.0 Å². The summed E-state index contributed by atoms with van der Waals surface area (Å²) in [4.78, 5) is 26.2. The molecule has 3 rings (SSSR count). The van der Waals surface area contributed by atoms with E-state index < -0.39 is 53.0 Å². The normalized spacial score (nSPS) is 19.6. The fourth-order valence-corrected chi connectivity index (χ4v) is 3.22. The summed E-state index contributed by atoms with van der Waals surface area (Å²) in [6.07, 6.45) is -10.4. The molecule has 0 radical (unpaired) electrons. The van der Waals surface area contributed by atoms with Crippen LogP contribution in [0, 0.1) is 0 Å². The highest BCUT2D eigenvalue weighted by Gasteiger charge is 2.51. The number of nitrogens with one attached hydrogen (secondary N) is 1. The van der Waals surface area contributed by atoms with Gasteiger partial charge in [0.15, 0.2) is 0 Å². The Morgan fingerprint density at radius 2 is 1.55 bits per heavy atom. The molecule has 1 aliphatic heterocycles. The van der Waals surface area contributed by atoms with Gasteiger partial charge in [0.25, 0.3) is 11.8 Å². The molecule has 2 N–H and O–H groups in total. The quantitative estimate of drug-likeness (QED) is 0.558. The molecule has 0 aromatic heterocycles. The van der Waals surface area contributed by atoms with Gasteiger partial charge in [-0.2, -0.15) is 26.3 Å². The van der Waals surface area contributed by atoms with Crippen LogP contribution in [-0.4, -0.2) is 29.1 Å². The van der Waals surface area contributed by atoms with Gasteiger partial charge in [0, 0.05) is 25.2 Å². The molecule has 0 spiro atoms. The number of alkyl halides is 6. The third kappa shape index (κ3) is 4.66. The van der Waals surface area contributed by atoms with Crippen LogP contribution in [-0.2, 0) is 28.5 Å². The van der Waals surface area contributed by atoms with Crippen molar-refractivity contribution in [2.24, 2.45) is 0 Å². The molecule has 1 atom stereocenters. The van der Waals surface area contributed by atoms with Crippen molar-refractivity contribution in [2.45, 2.75) is 30.9 Å². The highest BCUT2D eigenvalue weighted by molar-refractivity contribution is 6.16. The molecular formula is C20H16F6N2O3. The van der Waals surface area contributed by atoms with E-state index in [1.807, 2.05) is 0 Å². The average Bonchev–Trinajstić information content (AvgIpc) is 3.01. The molecule has 0 aliphatic carbocycles. The number of anilines is 1. The van der Waals surface area contributed by atoms with Gasteiger partial charge in [-0.1, -0.05) is 18.2 Å². The number of carbonyl (C=O) groups excluding carboxylic acids is 2. The first-order valence-electron chi connectivity index (χ1n) is 8.98. The third-order valence-electron chi connectivity index (χ3n) is 4.84. The van der Waals surface area contributed by atoms with Gasteiger partial charge in [-0.25, -0.2) is 0 Å². The van der Waals surface area contributed by atoms with Gasteiger partial charge in [-0.3, -0.25) is 9.59 Å². The first-order valence-corrected chi connectivity index (χ1v) is 8.98. The molecule has 2 aromatic rings. The molecule has 2 amide bonds. The van der Waals surface area contributed by atoms with Gasteiger partial charge in [0.1, 0.15) is 0 Å². The molecule has 1 aliphatic rings. The summed E-state index contributed by atoms with van der Waals surface area (Å²) in [7, 11) is 0. The Labute approximate surface area is 172 Å². The molecule has 31 heavy (non-hydrogen) atoms. The lowest BCUT2D eigenvalue weighted by Gasteiger charge is -2.22. The lowest BCUT2D eigenvalue weighted by Crippen LogP contribution is -2.52. The van der Waals surface area contributed by atoms with Crippen LogP contribution in [0.1, 0.15) is 23.1 Å². The number of hydrogen-bond donors (Lipinski definition) is 2. The van der Waals surface area contributed by atoms with Crippen LogP contribution in [0.5, 0.6) is 0 Å². The fourth-order valence-electron chi connectivity index (χ4n) is 3.22. The van der Waals surface area contributed by atoms with E-state index in [2.05, 4.69) is 5.32 Å². The van der Waals surface area contributed by atoms with Crippen molar-refractivity contribution < 1.29 is 41.0 Å². The fraction of sp³-hybridized carbons (Fsp3) is 0.300. The summed E-state index contributed by atoms with van der Waals surface area (Å²) >= 11 is 0. The minimum absolute atomic E-state index is 0.00848. The number of benzene rings is 2. The largest absolute Gasteiger partial charge is 0.416 e. The molecule has 11 heteroatoms. The summed E-state index contributed by atoms with van der Waals surface area (Å²) in [6, 6.07) is 9.06. The van der Waals surface area contributed by atoms with Crippen LogP contribution >= 0.6 is 0 Å². The number of nitrogens with zero attached hydrogens (tertiary/aromatic N) is 1. The number of amides is 2. The summed E-state index contributed by atoms with van der Waals surface area (Å²) in [5.41, 5.74) is -5.59. The highest BCUT2D eigenvalue weighted by atomic mass is 19.4. The van der Waals surface area contributed by atoms with Crippen molar-refractivity contribution in [2.75, 3.05) is 11.4 Å². The van der Waals surface area contributed by atoms with E-state index in [0.29, 0.717) is 17.8 Å². The van der Waals surface area contributed by atoms with E-state index in [-0.39, 0.29) is 19.0 Å². The Morgan fingerprint density at radius 1 is 1.00 bits per heavy atom. The molecule has 0 saturated carbocycles. The standard InChI is InChI=1S/C20H16F6N2O3/c21-19(22,23)13-8-12(9-14(10-13)20(24,25)26)11-27-16(29)18(31)6-7-28(17(18)30)15-4-2-1-3-5-15/h1-5,8-10,31H,6-7,11H2,(H,27,29). The van der Waals surface area contributed by atoms with Crippen molar-refractivity contribution in [3.05, 3.63) is 65.2 Å². The SMILES string of the molecule is O=C(NCc1cc(C(F)(F)F)cc(C(F)(F)F)c1)C1(O)CCN(c2ccccc2)C1=O. The zero-order valence-corrected chi connectivity index (χ0v) is 15.7. The summed E-state index contributed by atoms with van der Waals surface area (Å²) < 4.78 is 77.7. The van der Waals surface area contributed by atoms with Crippen LogP contribution in [0.15, 0.2) is 48.5 Å². The average molecular weight is 446 g/mol. The smallest absolute Gasteiger partial charge is 0.372 e. The van der Waals surface area contributed by atoms with Crippen LogP contribution in [0.3, 0.4) is 0 Å². The van der Waals surface area contributed by atoms with Gasteiger partial charge in [0.05, 0.1) is 11.1 Å². The molecule has 0 bridgehead atoms.